The molecule has 1 N–H and O–H groups in total. The summed E-state index contributed by atoms with van der Waals surface area (Å²) in [6.07, 6.45) is 1.52. The number of aromatic nitrogens is 2. The Morgan fingerprint density at radius 3 is 2.56 bits per heavy atom. The van der Waals surface area contributed by atoms with Crippen molar-refractivity contribution in [3.8, 4) is 5.69 Å². The third-order valence-electron chi connectivity index (χ3n) is 3.77. The fraction of sp³-hybridized carbons (Fsp3) is 0.111. The lowest BCUT2D eigenvalue weighted by Gasteiger charge is -2.04. The molecule has 7 heteroatoms. The van der Waals surface area contributed by atoms with Crippen molar-refractivity contribution in [2.45, 2.75) is 13.8 Å². The van der Waals surface area contributed by atoms with E-state index in [0.717, 1.165) is 10.0 Å². The molecule has 0 saturated heterocycles. The highest BCUT2D eigenvalue weighted by atomic mass is 79.9. The zero-order valence-corrected chi connectivity index (χ0v) is 16.6. The molecule has 0 aliphatic heterocycles. The van der Waals surface area contributed by atoms with Crippen molar-refractivity contribution in [1.82, 2.24) is 9.78 Å². The molecule has 4 nitrogen and oxygen atoms in total. The first-order valence-corrected chi connectivity index (χ1v) is 8.99. The summed E-state index contributed by atoms with van der Waals surface area (Å²) in [4.78, 5) is 17.0. The fourth-order valence-electron chi connectivity index (χ4n) is 2.33. The molecular formula is C18H14BrCl2N3O. The molecule has 25 heavy (non-hydrogen) atoms. The molecule has 0 spiro atoms. The Morgan fingerprint density at radius 1 is 1.12 bits per heavy atom. The number of H-pyrrole nitrogens is 1. The summed E-state index contributed by atoms with van der Waals surface area (Å²) in [7, 11) is 0. The monoisotopic (exact) mass is 437 g/mol. The van der Waals surface area contributed by atoms with E-state index in [4.69, 9.17) is 23.2 Å². The number of halogens is 3. The van der Waals surface area contributed by atoms with E-state index < -0.39 is 0 Å². The smallest absolute Gasteiger partial charge is 0.280 e. The Hall–Kier alpha value is -1.82. The molecule has 0 amide bonds. The van der Waals surface area contributed by atoms with Crippen LogP contribution in [0.5, 0.6) is 0 Å². The quantitative estimate of drug-likeness (QED) is 0.531. The standard InChI is InChI=1S/C18H14BrCl2N3O/c1-10-3-5-13(8-15(10)20)24-18(25)14(11(2)23-24)9-22-17-6-4-12(19)7-16(17)21/h3-9,23H,1-2H3. The van der Waals surface area contributed by atoms with E-state index in [1.54, 1.807) is 18.2 Å². The Labute approximate surface area is 163 Å². The second-order valence-corrected chi connectivity index (χ2v) is 7.31. The van der Waals surface area contributed by atoms with Gasteiger partial charge in [-0.1, -0.05) is 45.2 Å². The van der Waals surface area contributed by atoms with E-state index >= 15 is 0 Å². The van der Waals surface area contributed by atoms with E-state index in [0.29, 0.717) is 32.7 Å². The maximum Gasteiger partial charge on any atom is 0.280 e. The molecular weight excluding hydrogens is 425 g/mol. The minimum Gasteiger partial charge on any atom is -0.295 e. The number of aryl methyl sites for hydroxylation is 2. The fourth-order valence-corrected chi connectivity index (χ4v) is 3.23. The van der Waals surface area contributed by atoms with E-state index in [-0.39, 0.29) is 5.56 Å². The first-order chi connectivity index (χ1) is 11.9. The number of aliphatic imine (C=N–C) groups is 1. The van der Waals surface area contributed by atoms with Crippen molar-refractivity contribution in [2.24, 2.45) is 4.99 Å². The molecule has 1 aromatic heterocycles. The molecule has 0 fully saturated rings. The molecule has 0 unspecified atom stereocenters. The Balaban J connectivity index is 2.01. The summed E-state index contributed by atoms with van der Waals surface area (Å²) in [5.41, 5.74) is 3.19. The summed E-state index contributed by atoms with van der Waals surface area (Å²) >= 11 is 15.7. The van der Waals surface area contributed by atoms with E-state index in [9.17, 15) is 4.79 Å². The Bertz CT molecular complexity index is 1040. The number of aromatic amines is 1. The average molecular weight is 439 g/mol. The highest BCUT2D eigenvalue weighted by Crippen LogP contribution is 2.28. The van der Waals surface area contributed by atoms with Crippen LogP contribution in [-0.2, 0) is 0 Å². The van der Waals surface area contributed by atoms with Crippen LogP contribution in [0.4, 0.5) is 5.69 Å². The van der Waals surface area contributed by atoms with Crippen LogP contribution in [-0.4, -0.2) is 16.0 Å². The van der Waals surface area contributed by atoms with Crippen molar-refractivity contribution in [1.29, 1.82) is 0 Å². The van der Waals surface area contributed by atoms with Gasteiger partial charge in [0.2, 0.25) is 0 Å². The van der Waals surface area contributed by atoms with Crippen molar-refractivity contribution >= 4 is 51.0 Å². The van der Waals surface area contributed by atoms with Gasteiger partial charge in [0.1, 0.15) is 0 Å². The van der Waals surface area contributed by atoms with Crippen LogP contribution < -0.4 is 5.56 Å². The predicted octanol–water partition coefficient (Wildman–Crippen LogP) is 5.60. The van der Waals surface area contributed by atoms with Gasteiger partial charge in [-0.3, -0.25) is 14.9 Å². The van der Waals surface area contributed by atoms with Gasteiger partial charge >= 0.3 is 0 Å². The van der Waals surface area contributed by atoms with E-state index in [1.165, 1.54) is 10.9 Å². The van der Waals surface area contributed by atoms with Gasteiger partial charge in [0.05, 0.1) is 22.0 Å². The van der Waals surface area contributed by atoms with Crippen molar-refractivity contribution in [3.05, 3.63) is 78.1 Å². The minimum atomic E-state index is -0.200. The normalized spacial score (nSPS) is 11.4. The largest absolute Gasteiger partial charge is 0.295 e. The first kappa shape index (κ1) is 18.0. The van der Waals surface area contributed by atoms with E-state index in [1.807, 2.05) is 32.0 Å². The van der Waals surface area contributed by atoms with Crippen LogP contribution in [0.25, 0.3) is 5.69 Å². The third kappa shape index (κ3) is 3.73. The maximum atomic E-state index is 12.7. The summed E-state index contributed by atoms with van der Waals surface area (Å²) in [5, 5.41) is 4.16. The number of hydrogen-bond acceptors (Lipinski definition) is 2. The summed E-state index contributed by atoms with van der Waals surface area (Å²) in [5.74, 6) is 0. The van der Waals surface area contributed by atoms with Crippen molar-refractivity contribution in [2.75, 3.05) is 0 Å². The minimum absolute atomic E-state index is 0.200. The molecule has 0 atom stereocenters. The molecule has 3 aromatic rings. The zero-order valence-electron chi connectivity index (χ0n) is 13.5. The topological polar surface area (TPSA) is 50.1 Å². The predicted molar refractivity (Wildman–Crippen MR) is 107 cm³/mol. The molecule has 0 bridgehead atoms. The van der Waals surface area contributed by atoms with Crippen LogP contribution in [0.15, 0.2) is 50.7 Å². The van der Waals surface area contributed by atoms with Crippen LogP contribution in [0, 0.1) is 13.8 Å². The van der Waals surface area contributed by atoms with Gasteiger partial charge in [0, 0.05) is 21.4 Å². The van der Waals surface area contributed by atoms with E-state index in [2.05, 4.69) is 26.0 Å². The molecule has 2 aromatic carbocycles. The van der Waals surface area contributed by atoms with Crippen LogP contribution in [0.3, 0.4) is 0 Å². The van der Waals surface area contributed by atoms with Crippen molar-refractivity contribution < 1.29 is 0 Å². The highest BCUT2D eigenvalue weighted by Gasteiger charge is 2.11. The summed E-state index contributed by atoms with van der Waals surface area (Å²) in [6.45, 7) is 3.73. The number of rotatable bonds is 3. The third-order valence-corrected chi connectivity index (χ3v) is 4.98. The summed E-state index contributed by atoms with van der Waals surface area (Å²) in [6, 6.07) is 10.8. The lowest BCUT2D eigenvalue weighted by atomic mass is 10.2. The van der Waals surface area contributed by atoms with Gasteiger partial charge in [-0.05, 0) is 49.7 Å². The van der Waals surface area contributed by atoms with Gasteiger partial charge in [0.15, 0.2) is 0 Å². The van der Waals surface area contributed by atoms with Gasteiger partial charge in [0.25, 0.3) is 5.56 Å². The first-order valence-electron chi connectivity index (χ1n) is 7.44. The number of hydrogen-bond donors (Lipinski definition) is 1. The van der Waals surface area contributed by atoms with Crippen LogP contribution >= 0.6 is 39.1 Å². The second-order valence-electron chi connectivity index (χ2n) is 5.58. The van der Waals surface area contributed by atoms with Gasteiger partial charge < -0.3 is 0 Å². The van der Waals surface area contributed by atoms with Crippen LogP contribution in [0.1, 0.15) is 16.8 Å². The SMILES string of the molecule is Cc1ccc(-n2[nH]c(C)c(C=Nc3ccc(Br)cc3Cl)c2=O)cc1Cl. The second kappa shape index (κ2) is 7.20. The number of benzene rings is 2. The average Bonchev–Trinajstić information content (AvgIpc) is 2.84. The van der Waals surface area contributed by atoms with Gasteiger partial charge in [-0.15, -0.1) is 0 Å². The molecule has 0 radical (unpaired) electrons. The molecule has 1 heterocycles. The molecule has 0 aliphatic rings. The zero-order chi connectivity index (χ0) is 18.1. The summed E-state index contributed by atoms with van der Waals surface area (Å²) < 4.78 is 2.32. The van der Waals surface area contributed by atoms with Crippen LogP contribution in [0.2, 0.25) is 10.0 Å². The lowest BCUT2D eigenvalue weighted by Crippen LogP contribution is -2.17. The molecule has 0 saturated carbocycles. The van der Waals surface area contributed by atoms with Crippen molar-refractivity contribution in [3.63, 3.8) is 0 Å². The molecule has 3 rings (SSSR count). The highest BCUT2D eigenvalue weighted by molar-refractivity contribution is 9.10. The number of nitrogens with one attached hydrogen (secondary N) is 1. The number of nitrogens with zero attached hydrogens (tertiary/aromatic N) is 2. The maximum absolute atomic E-state index is 12.7. The van der Waals surface area contributed by atoms with Gasteiger partial charge in [-0.25, -0.2) is 4.68 Å². The lowest BCUT2D eigenvalue weighted by molar-refractivity contribution is 0.835. The Kier molecular flexibility index (Phi) is 5.18. The van der Waals surface area contributed by atoms with Gasteiger partial charge in [-0.2, -0.15) is 0 Å². The molecule has 0 aliphatic carbocycles. The Morgan fingerprint density at radius 2 is 1.88 bits per heavy atom. The molecule has 128 valence electrons.